The van der Waals surface area contributed by atoms with E-state index in [1.807, 2.05) is 0 Å². The van der Waals surface area contributed by atoms with Crippen LogP contribution in [0.4, 0.5) is 10.1 Å². The van der Waals surface area contributed by atoms with Crippen LogP contribution in [0.15, 0.2) is 36.8 Å². The molecule has 21 heavy (non-hydrogen) atoms. The molecule has 0 atom stereocenters. The lowest BCUT2D eigenvalue weighted by molar-refractivity contribution is 0.102. The Hall–Kier alpha value is -2.54. The van der Waals surface area contributed by atoms with E-state index in [-0.39, 0.29) is 5.56 Å². The number of rotatable bonds is 6. The summed E-state index contributed by atoms with van der Waals surface area (Å²) in [6.45, 7) is 0.846. The van der Waals surface area contributed by atoms with Gasteiger partial charge in [0, 0.05) is 19.4 Å². The molecule has 0 aliphatic rings. The minimum Gasteiger partial charge on any atom is -0.475 e. The van der Waals surface area contributed by atoms with Crippen molar-refractivity contribution in [2.75, 3.05) is 25.6 Å². The fourth-order valence-electron chi connectivity index (χ4n) is 1.53. The second-order valence-corrected chi connectivity index (χ2v) is 4.04. The number of amides is 1. The number of anilines is 1. The summed E-state index contributed by atoms with van der Waals surface area (Å²) in [5.74, 6) is -0.827. The number of nitrogens with one attached hydrogen (secondary N) is 1. The molecule has 0 radical (unpaired) electrons. The molecule has 2 heterocycles. The molecule has 2 aromatic rings. The maximum atomic E-state index is 13.4. The van der Waals surface area contributed by atoms with Crippen molar-refractivity contribution in [2.45, 2.75) is 0 Å². The van der Waals surface area contributed by atoms with Gasteiger partial charge >= 0.3 is 0 Å². The van der Waals surface area contributed by atoms with E-state index in [9.17, 15) is 9.18 Å². The van der Waals surface area contributed by atoms with Gasteiger partial charge in [-0.1, -0.05) is 0 Å². The number of hydrogen-bond donors (Lipinski definition) is 1. The van der Waals surface area contributed by atoms with Crippen molar-refractivity contribution < 1.29 is 18.7 Å². The fourth-order valence-corrected chi connectivity index (χ4v) is 1.53. The zero-order chi connectivity index (χ0) is 15.1. The molecule has 6 nitrogen and oxygen atoms in total. The molecule has 1 amide bonds. The topological polar surface area (TPSA) is 73.3 Å². The Labute approximate surface area is 120 Å². The zero-order valence-corrected chi connectivity index (χ0v) is 11.4. The normalized spacial score (nSPS) is 10.2. The number of methoxy groups -OCH3 is 1. The van der Waals surface area contributed by atoms with Crippen molar-refractivity contribution in [1.82, 2.24) is 9.97 Å². The Balaban J connectivity index is 1.97. The largest absolute Gasteiger partial charge is 0.475 e. The molecule has 110 valence electrons. The van der Waals surface area contributed by atoms with Crippen molar-refractivity contribution in [2.24, 2.45) is 0 Å². The monoisotopic (exact) mass is 291 g/mol. The Morgan fingerprint density at radius 1 is 1.29 bits per heavy atom. The highest BCUT2D eigenvalue weighted by molar-refractivity contribution is 6.04. The van der Waals surface area contributed by atoms with Crippen LogP contribution in [-0.2, 0) is 4.74 Å². The van der Waals surface area contributed by atoms with Gasteiger partial charge in [0.25, 0.3) is 5.91 Å². The molecule has 0 spiro atoms. The summed E-state index contributed by atoms with van der Waals surface area (Å²) in [5, 5.41) is 2.54. The van der Waals surface area contributed by atoms with Crippen LogP contribution in [-0.4, -0.2) is 36.2 Å². The fraction of sp³-hybridized carbons (Fsp3) is 0.214. The summed E-state index contributed by atoms with van der Waals surface area (Å²) in [5.41, 5.74) is 0.362. The molecule has 0 unspecified atom stereocenters. The van der Waals surface area contributed by atoms with E-state index in [2.05, 4.69) is 15.3 Å². The first-order valence-electron chi connectivity index (χ1n) is 6.19. The molecular formula is C14H14FN3O3. The molecule has 7 heteroatoms. The van der Waals surface area contributed by atoms with Gasteiger partial charge < -0.3 is 14.8 Å². The van der Waals surface area contributed by atoms with Crippen LogP contribution in [0.3, 0.4) is 0 Å². The van der Waals surface area contributed by atoms with E-state index in [0.29, 0.717) is 24.8 Å². The first kappa shape index (κ1) is 14.9. The van der Waals surface area contributed by atoms with Crippen molar-refractivity contribution >= 4 is 11.6 Å². The third-order valence-corrected chi connectivity index (χ3v) is 2.55. The van der Waals surface area contributed by atoms with Crippen LogP contribution in [0.1, 0.15) is 10.4 Å². The zero-order valence-electron chi connectivity index (χ0n) is 11.4. The average molecular weight is 291 g/mol. The van der Waals surface area contributed by atoms with Crippen molar-refractivity contribution in [3.05, 3.63) is 48.2 Å². The maximum Gasteiger partial charge on any atom is 0.258 e. The van der Waals surface area contributed by atoms with Gasteiger partial charge in [-0.05, 0) is 12.1 Å². The minimum atomic E-state index is -0.678. The van der Waals surface area contributed by atoms with Gasteiger partial charge in [-0.3, -0.25) is 9.78 Å². The third-order valence-electron chi connectivity index (χ3n) is 2.55. The van der Waals surface area contributed by atoms with Crippen LogP contribution in [0.25, 0.3) is 0 Å². The first-order valence-corrected chi connectivity index (χ1v) is 6.19. The molecule has 0 aliphatic heterocycles. The number of halogens is 1. The Morgan fingerprint density at radius 2 is 2.14 bits per heavy atom. The molecule has 0 saturated heterocycles. The van der Waals surface area contributed by atoms with Crippen LogP contribution in [0.5, 0.6) is 5.88 Å². The minimum absolute atomic E-state index is 0.0783. The summed E-state index contributed by atoms with van der Waals surface area (Å²) >= 11 is 0. The standard InChI is InChI=1S/C14H14FN3O3/c1-20-6-7-21-13-3-2-10(8-17-13)18-14(19)11-4-5-16-9-12(11)15/h2-5,8-9H,6-7H2,1H3,(H,18,19). The average Bonchev–Trinajstić information content (AvgIpc) is 2.49. The number of aromatic nitrogens is 2. The summed E-state index contributed by atoms with van der Waals surface area (Å²) < 4.78 is 23.6. The van der Waals surface area contributed by atoms with Crippen LogP contribution >= 0.6 is 0 Å². The third kappa shape index (κ3) is 4.22. The van der Waals surface area contributed by atoms with E-state index in [0.717, 1.165) is 6.20 Å². The number of pyridine rings is 2. The van der Waals surface area contributed by atoms with Gasteiger partial charge in [0.05, 0.1) is 30.3 Å². The smallest absolute Gasteiger partial charge is 0.258 e. The first-order chi connectivity index (χ1) is 10.2. The highest BCUT2D eigenvalue weighted by atomic mass is 19.1. The van der Waals surface area contributed by atoms with E-state index >= 15 is 0 Å². The lowest BCUT2D eigenvalue weighted by Gasteiger charge is -2.07. The van der Waals surface area contributed by atoms with Gasteiger partial charge in [0.1, 0.15) is 6.61 Å². The lowest BCUT2D eigenvalue weighted by Crippen LogP contribution is -2.14. The molecular weight excluding hydrogens is 277 g/mol. The van der Waals surface area contributed by atoms with Gasteiger partial charge in [-0.2, -0.15) is 0 Å². The predicted octanol–water partition coefficient (Wildman–Crippen LogP) is 1.89. The van der Waals surface area contributed by atoms with E-state index in [1.54, 1.807) is 19.2 Å². The van der Waals surface area contributed by atoms with Gasteiger partial charge in [-0.25, -0.2) is 9.37 Å². The molecule has 2 aromatic heterocycles. The number of ether oxygens (including phenoxy) is 2. The van der Waals surface area contributed by atoms with Crippen molar-refractivity contribution in [3.63, 3.8) is 0 Å². The summed E-state index contributed by atoms with van der Waals surface area (Å²) in [6, 6.07) is 4.53. The quantitative estimate of drug-likeness (QED) is 0.823. The highest BCUT2D eigenvalue weighted by Crippen LogP contribution is 2.13. The predicted molar refractivity (Wildman–Crippen MR) is 73.8 cm³/mol. The SMILES string of the molecule is COCCOc1ccc(NC(=O)c2ccncc2F)cn1. The number of carbonyl (C=O) groups excluding carboxylic acids is 1. The highest BCUT2D eigenvalue weighted by Gasteiger charge is 2.11. The van der Waals surface area contributed by atoms with E-state index < -0.39 is 11.7 Å². The second-order valence-electron chi connectivity index (χ2n) is 4.04. The van der Waals surface area contributed by atoms with Crippen molar-refractivity contribution in [3.8, 4) is 5.88 Å². The van der Waals surface area contributed by atoms with Crippen LogP contribution in [0.2, 0.25) is 0 Å². The Kier molecular flexibility index (Phi) is 5.16. The molecule has 0 aliphatic carbocycles. The Bertz CT molecular complexity index is 605. The number of hydrogen-bond acceptors (Lipinski definition) is 5. The molecule has 1 N–H and O–H groups in total. The summed E-state index contributed by atoms with van der Waals surface area (Å²) in [6.07, 6.45) is 3.77. The molecule has 0 aromatic carbocycles. The molecule has 2 rings (SSSR count). The van der Waals surface area contributed by atoms with Gasteiger partial charge in [0.2, 0.25) is 5.88 Å². The second kappa shape index (κ2) is 7.30. The summed E-state index contributed by atoms with van der Waals surface area (Å²) in [7, 11) is 1.58. The van der Waals surface area contributed by atoms with Gasteiger partial charge in [0.15, 0.2) is 5.82 Å². The van der Waals surface area contributed by atoms with E-state index in [1.165, 1.54) is 18.5 Å². The van der Waals surface area contributed by atoms with Crippen LogP contribution < -0.4 is 10.1 Å². The number of carbonyl (C=O) groups is 1. The van der Waals surface area contributed by atoms with Gasteiger partial charge in [-0.15, -0.1) is 0 Å². The van der Waals surface area contributed by atoms with E-state index in [4.69, 9.17) is 9.47 Å². The summed E-state index contributed by atoms with van der Waals surface area (Å²) in [4.78, 5) is 19.5. The maximum absolute atomic E-state index is 13.4. The molecule has 0 saturated carbocycles. The van der Waals surface area contributed by atoms with Crippen LogP contribution in [0, 0.1) is 5.82 Å². The lowest BCUT2D eigenvalue weighted by atomic mass is 10.2. The molecule has 0 fully saturated rings. The Morgan fingerprint density at radius 3 is 2.81 bits per heavy atom. The van der Waals surface area contributed by atoms with Crippen molar-refractivity contribution in [1.29, 1.82) is 0 Å². The molecule has 0 bridgehead atoms. The number of nitrogens with zero attached hydrogens (tertiary/aromatic N) is 2.